The summed E-state index contributed by atoms with van der Waals surface area (Å²) in [5.41, 5.74) is 9.06. The van der Waals surface area contributed by atoms with Gasteiger partial charge in [0, 0.05) is 18.6 Å². The number of nitrogens with two attached hydrogens (primary N) is 1. The van der Waals surface area contributed by atoms with E-state index < -0.39 is 0 Å². The van der Waals surface area contributed by atoms with E-state index in [4.69, 9.17) is 5.73 Å². The topological polar surface area (TPSA) is 29.3 Å². The lowest BCUT2D eigenvalue weighted by molar-refractivity contribution is 0.188. The van der Waals surface area contributed by atoms with Crippen LogP contribution in [0.15, 0.2) is 24.3 Å². The molecule has 102 valence electrons. The molecule has 0 aliphatic heterocycles. The number of likely N-dealkylation sites (N-methyl/N-ethyl adjacent to an activating group) is 1. The highest BCUT2D eigenvalue weighted by atomic mass is 15.1. The molecule has 0 saturated heterocycles. The number of hydrogen-bond donors (Lipinski definition) is 1. The third-order valence-electron chi connectivity index (χ3n) is 3.51. The van der Waals surface area contributed by atoms with Gasteiger partial charge in [-0.1, -0.05) is 45.0 Å². The average molecular weight is 248 g/mol. The van der Waals surface area contributed by atoms with Gasteiger partial charge in [0.05, 0.1) is 0 Å². The van der Waals surface area contributed by atoms with Crippen molar-refractivity contribution in [3.8, 4) is 0 Å². The normalized spacial score (nSPS) is 15.1. The Labute approximate surface area is 112 Å². The third-order valence-corrected chi connectivity index (χ3v) is 3.51. The summed E-state index contributed by atoms with van der Waals surface area (Å²) >= 11 is 0. The predicted molar refractivity (Wildman–Crippen MR) is 79.7 cm³/mol. The molecule has 2 heteroatoms. The largest absolute Gasteiger partial charge is 0.326 e. The Morgan fingerprint density at radius 1 is 1.22 bits per heavy atom. The summed E-state index contributed by atoms with van der Waals surface area (Å²) in [5, 5.41) is 0. The highest BCUT2D eigenvalue weighted by Gasteiger charge is 2.24. The molecule has 2 N–H and O–H groups in total. The minimum absolute atomic E-state index is 0.190. The lowest BCUT2D eigenvalue weighted by Gasteiger charge is -2.34. The van der Waals surface area contributed by atoms with Crippen molar-refractivity contribution in [2.45, 2.75) is 46.2 Å². The monoisotopic (exact) mass is 248 g/mol. The number of hydrogen-bond acceptors (Lipinski definition) is 2. The minimum Gasteiger partial charge on any atom is -0.326 e. The summed E-state index contributed by atoms with van der Waals surface area (Å²) in [5.74, 6) is 0.658. The Morgan fingerprint density at radius 3 is 2.33 bits per heavy atom. The molecule has 0 radical (unpaired) electrons. The fraction of sp³-hybridized carbons (Fsp3) is 0.625. The Morgan fingerprint density at radius 2 is 1.83 bits per heavy atom. The Balaban J connectivity index is 3.02. The van der Waals surface area contributed by atoms with Crippen molar-refractivity contribution >= 4 is 0 Å². The Bertz CT molecular complexity index is 360. The first kappa shape index (κ1) is 15.2. The summed E-state index contributed by atoms with van der Waals surface area (Å²) in [7, 11) is 2.19. The quantitative estimate of drug-likeness (QED) is 0.836. The zero-order chi connectivity index (χ0) is 13.7. The van der Waals surface area contributed by atoms with E-state index in [0.717, 1.165) is 13.0 Å². The average Bonchev–Trinajstić information content (AvgIpc) is 2.30. The van der Waals surface area contributed by atoms with Crippen molar-refractivity contribution in [1.82, 2.24) is 4.90 Å². The second kappa shape index (κ2) is 6.91. The summed E-state index contributed by atoms with van der Waals surface area (Å²) in [6.45, 7) is 9.92. The first-order valence-electron chi connectivity index (χ1n) is 6.98. The molecule has 0 amide bonds. The van der Waals surface area contributed by atoms with Gasteiger partial charge in [0.15, 0.2) is 0 Å². The molecule has 2 unspecified atom stereocenters. The molecule has 0 aliphatic rings. The maximum atomic E-state index is 6.35. The van der Waals surface area contributed by atoms with E-state index in [0.29, 0.717) is 12.0 Å². The first-order chi connectivity index (χ1) is 8.47. The fourth-order valence-corrected chi connectivity index (χ4v) is 2.63. The standard InChI is InChI=1S/C16H28N2/c1-6-15(17)16(18(5)11-12(2)3)14-10-8-7-9-13(14)4/h7-10,12,15-16H,6,11,17H2,1-5H3. The van der Waals surface area contributed by atoms with Crippen LogP contribution in [0.5, 0.6) is 0 Å². The van der Waals surface area contributed by atoms with Gasteiger partial charge in [-0.2, -0.15) is 0 Å². The number of benzene rings is 1. The zero-order valence-electron chi connectivity index (χ0n) is 12.5. The molecule has 0 saturated carbocycles. The van der Waals surface area contributed by atoms with Crippen LogP contribution >= 0.6 is 0 Å². The molecule has 0 bridgehead atoms. The van der Waals surface area contributed by atoms with Crippen molar-refractivity contribution < 1.29 is 0 Å². The summed E-state index contributed by atoms with van der Waals surface area (Å²) < 4.78 is 0. The van der Waals surface area contributed by atoms with Crippen LogP contribution in [0.4, 0.5) is 0 Å². The second-order valence-electron chi connectivity index (χ2n) is 5.71. The van der Waals surface area contributed by atoms with E-state index in [2.05, 4.69) is 63.9 Å². The van der Waals surface area contributed by atoms with Gasteiger partial charge in [-0.15, -0.1) is 0 Å². The predicted octanol–water partition coefficient (Wildman–Crippen LogP) is 3.36. The highest BCUT2D eigenvalue weighted by molar-refractivity contribution is 5.29. The van der Waals surface area contributed by atoms with Crippen LogP contribution in [0.2, 0.25) is 0 Å². The zero-order valence-corrected chi connectivity index (χ0v) is 12.5. The lowest BCUT2D eigenvalue weighted by Crippen LogP contribution is -2.40. The maximum absolute atomic E-state index is 6.35. The van der Waals surface area contributed by atoms with E-state index in [1.54, 1.807) is 0 Å². The van der Waals surface area contributed by atoms with Gasteiger partial charge in [-0.25, -0.2) is 0 Å². The van der Waals surface area contributed by atoms with E-state index >= 15 is 0 Å². The van der Waals surface area contributed by atoms with Crippen LogP contribution < -0.4 is 5.73 Å². The molecule has 0 aliphatic carbocycles. The van der Waals surface area contributed by atoms with Crippen LogP contribution in [0.1, 0.15) is 44.4 Å². The maximum Gasteiger partial charge on any atom is 0.0498 e. The molecular weight excluding hydrogens is 220 g/mol. The van der Waals surface area contributed by atoms with Crippen molar-refractivity contribution in [2.75, 3.05) is 13.6 Å². The molecule has 0 spiro atoms. The number of rotatable bonds is 6. The highest BCUT2D eigenvalue weighted by Crippen LogP contribution is 2.27. The SMILES string of the molecule is CCC(N)C(c1ccccc1C)N(C)CC(C)C. The first-order valence-corrected chi connectivity index (χ1v) is 6.98. The molecule has 1 aromatic rings. The van der Waals surface area contributed by atoms with Gasteiger partial charge in [0.25, 0.3) is 0 Å². The summed E-state index contributed by atoms with van der Waals surface area (Å²) in [6, 6.07) is 9.10. The van der Waals surface area contributed by atoms with Gasteiger partial charge in [-0.05, 0) is 37.4 Å². The van der Waals surface area contributed by atoms with Crippen LogP contribution in [0.3, 0.4) is 0 Å². The minimum atomic E-state index is 0.190. The van der Waals surface area contributed by atoms with Crippen LogP contribution in [-0.4, -0.2) is 24.5 Å². The molecule has 0 heterocycles. The van der Waals surface area contributed by atoms with Gasteiger partial charge in [0.2, 0.25) is 0 Å². The van der Waals surface area contributed by atoms with Crippen LogP contribution in [-0.2, 0) is 0 Å². The lowest BCUT2D eigenvalue weighted by atomic mass is 9.92. The van der Waals surface area contributed by atoms with Crippen LogP contribution in [0.25, 0.3) is 0 Å². The molecule has 2 nitrogen and oxygen atoms in total. The van der Waals surface area contributed by atoms with Gasteiger partial charge in [-0.3, -0.25) is 4.90 Å². The molecular formula is C16H28N2. The van der Waals surface area contributed by atoms with Crippen molar-refractivity contribution in [3.63, 3.8) is 0 Å². The Kier molecular flexibility index (Phi) is 5.83. The van der Waals surface area contributed by atoms with Crippen molar-refractivity contribution in [1.29, 1.82) is 0 Å². The Hall–Kier alpha value is -0.860. The molecule has 1 aromatic carbocycles. The smallest absolute Gasteiger partial charge is 0.0498 e. The van der Waals surface area contributed by atoms with Gasteiger partial charge < -0.3 is 5.73 Å². The van der Waals surface area contributed by atoms with Crippen LogP contribution in [0, 0.1) is 12.8 Å². The van der Waals surface area contributed by atoms with E-state index in [1.165, 1.54) is 11.1 Å². The van der Waals surface area contributed by atoms with E-state index in [1.807, 2.05) is 0 Å². The van der Waals surface area contributed by atoms with E-state index in [-0.39, 0.29) is 6.04 Å². The van der Waals surface area contributed by atoms with E-state index in [9.17, 15) is 0 Å². The molecule has 0 fully saturated rings. The summed E-state index contributed by atoms with van der Waals surface area (Å²) in [4.78, 5) is 2.40. The number of aryl methyl sites for hydroxylation is 1. The van der Waals surface area contributed by atoms with Gasteiger partial charge >= 0.3 is 0 Å². The van der Waals surface area contributed by atoms with Crippen molar-refractivity contribution in [3.05, 3.63) is 35.4 Å². The third kappa shape index (κ3) is 3.82. The molecule has 18 heavy (non-hydrogen) atoms. The molecule has 0 aromatic heterocycles. The van der Waals surface area contributed by atoms with Crippen molar-refractivity contribution in [2.24, 2.45) is 11.7 Å². The molecule has 1 rings (SSSR count). The number of nitrogens with zero attached hydrogens (tertiary/aromatic N) is 1. The van der Waals surface area contributed by atoms with Gasteiger partial charge in [0.1, 0.15) is 0 Å². The second-order valence-corrected chi connectivity index (χ2v) is 5.71. The summed E-state index contributed by atoms with van der Waals surface area (Å²) in [6.07, 6.45) is 1.00. The molecule has 2 atom stereocenters. The fourth-order valence-electron chi connectivity index (χ4n) is 2.63.